The number of aromatic hydroxyl groups is 1. The lowest BCUT2D eigenvalue weighted by Gasteiger charge is -2.12. The molecule has 0 saturated carbocycles. The molecule has 13 heavy (non-hydrogen) atoms. The second kappa shape index (κ2) is 5.14. The summed E-state index contributed by atoms with van der Waals surface area (Å²) in [5, 5.41) is 12.3. The molecule has 0 aromatic heterocycles. The largest absolute Gasteiger partial charge is 0.508 e. The zero-order valence-corrected chi connectivity index (χ0v) is 8.59. The number of phenols is 1. The first-order chi connectivity index (χ1) is 6.26. The Morgan fingerprint density at radius 3 is 2.46 bits per heavy atom. The lowest BCUT2D eigenvalue weighted by Crippen LogP contribution is -2.29. The van der Waals surface area contributed by atoms with E-state index in [1.807, 2.05) is 19.2 Å². The van der Waals surface area contributed by atoms with Crippen molar-refractivity contribution in [2.75, 3.05) is 12.8 Å². The van der Waals surface area contributed by atoms with Crippen LogP contribution in [0, 0.1) is 0 Å². The lowest BCUT2D eigenvalue weighted by atomic mass is 10.1. The molecule has 0 heterocycles. The Labute approximate surface area is 84.4 Å². The molecule has 0 bridgehead atoms. The van der Waals surface area contributed by atoms with Crippen LogP contribution in [0.4, 0.5) is 0 Å². The number of rotatable bonds is 4. The Morgan fingerprint density at radius 2 is 2.00 bits per heavy atom. The van der Waals surface area contributed by atoms with E-state index < -0.39 is 0 Å². The van der Waals surface area contributed by atoms with Crippen LogP contribution in [0.25, 0.3) is 0 Å². The highest BCUT2D eigenvalue weighted by Crippen LogP contribution is 2.11. The molecule has 0 radical (unpaired) electrons. The molecule has 0 unspecified atom stereocenters. The zero-order valence-electron chi connectivity index (χ0n) is 7.70. The van der Waals surface area contributed by atoms with Crippen LogP contribution in [0.15, 0.2) is 24.3 Å². The molecule has 3 heteroatoms. The molecule has 1 rings (SSSR count). The minimum absolute atomic E-state index is 0.315. The third-order valence-corrected chi connectivity index (χ3v) is 2.49. The molecule has 0 spiro atoms. The second-order valence-electron chi connectivity index (χ2n) is 3.04. The molecule has 0 aliphatic carbocycles. The lowest BCUT2D eigenvalue weighted by molar-refractivity contribution is 0.475. The number of benzene rings is 1. The third kappa shape index (κ3) is 3.28. The molecular formula is C10H15NOS. The quantitative estimate of drug-likeness (QED) is 0.638. The first-order valence-electron chi connectivity index (χ1n) is 4.32. The standard InChI is InChI=1S/C10H15NOS/c1-11-9(7-13)6-8-2-4-10(12)5-3-8/h2-5,9,11-13H,6-7H2,1H3/t9-/m0/s1. The normalized spacial score (nSPS) is 12.8. The maximum absolute atomic E-state index is 9.07. The molecule has 0 aliphatic rings. The van der Waals surface area contributed by atoms with Gasteiger partial charge in [-0.15, -0.1) is 0 Å². The molecule has 1 aromatic rings. The summed E-state index contributed by atoms with van der Waals surface area (Å²) in [5.74, 6) is 1.13. The fourth-order valence-corrected chi connectivity index (χ4v) is 1.49. The molecule has 72 valence electrons. The number of likely N-dealkylation sites (N-methyl/N-ethyl adjacent to an activating group) is 1. The van der Waals surface area contributed by atoms with Crippen molar-refractivity contribution in [3.05, 3.63) is 29.8 Å². The van der Waals surface area contributed by atoms with E-state index in [2.05, 4.69) is 17.9 Å². The van der Waals surface area contributed by atoms with Gasteiger partial charge in [-0.2, -0.15) is 12.6 Å². The van der Waals surface area contributed by atoms with Gasteiger partial charge in [0.15, 0.2) is 0 Å². The minimum atomic E-state index is 0.315. The average molecular weight is 197 g/mol. The van der Waals surface area contributed by atoms with Gasteiger partial charge in [0.2, 0.25) is 0 Å². The maximum atomic E-state index is 9.07. The van der Waals surface area contributed by atoms with Gasteiger partial charge in [0.05, 0.1) is 0 Å². The van der Waals surface area contributed by atoms with Crippen LogP contribution in [0.3, 0.4) is 0 Å². The number of phenolic OH excluding ortho intramolecular Hbond substituents is 1. The van der Waals surface area contributed by atoms with Gasteiger partial charge in [-0.25, -0.2) is 0 Å². The summed E-state index contributed by atoms with van der Waals surface area (Å²) >= 11 is 4.23. The summed E-state index contributed by atoms with van der Waals surface area (Å²) in [5.41, 5.74) is 1.21. The molecule has 0 saturated heterocycles. The molecule has 1 atom stereocenters. The number of hydrogen-bond donors (Lipinski definition) is 3. The van der Waals surface area contributed by atoms with Gasteiger partial charge in [0.1, 0.15) is 5.75 Å². The summed E-state index contributed by atoms with van der Waals surface area (Å²) in [6, 6.07) is 7.68. The van der Waals surface area contributed by atoms with E-state index in [9.17, 15) is 0 Å². The maximum Gasteiger partial charge on any atom is 0.115 e. The van der Waals surface area contributed by atoms with Crippen molar-refractivity contribution in [1.29, 1.82) is 0 Å². The van der Waals surface area contributed by atoms with Gasteiger partial charge < -0.3 is 10.4 Å². The molecule has 0 aliphatic heterocycles. The second-order valence-corrected chi connectivity index (χ2v) is 3.40. The Hall–Kier alpha value is -0.670. The van der Waals surface area contributed by atoms with Crippen LogP contribution in [0.1, 0.15) is 5.56 Å². The van der Waals surface area contributed by atoms with Crippen molar-refractivity contribution in [1.82, 2.24) is 5.32 Å². The third-order valence-electron chi connectivity index (χ3n) is 2.05. The molecule has 1 aromatic carbocycles. The topological polar surface area (TPSA) is 32.3 Å². The number of nitrogens with one attached hydrogen (secondary N) is 1. The van der Waals surface area contributed by atoms with Crippen LogP contribution in [-0.2, 0) is 6.42 Å². The Morgan fingerprint density at radius 1 is 1.38 bits per heavy atom. The molecule has 0 fully saturated rings. The monoisotopic (exact) mass is 197 g/mol. The van der Waals surface area contributed by atoms with Crippen LogP contribution < -0.4 is 5.32 Å². The van der Waals surface area contributed by atoms with E-state index in [-0.39, 0.29) is 0 Å². The summed E-state index contributed by atoms with van der Waals surface area (Å²) in [6.07, 6.45) is 0.945. The fourth-order valence-electron chi connectivity index (χ4n) is 1.17. The van der Waals surface area contributed by atoms with Gasteiger partial charge in [-0.3, -0.25) is 0 Å². The highest BCUT2D eigenvalue weighted by molar-refractivity contribution is 7.80. The van der Waals surface area contributed by atoms with E-state index in [1.165, 1.54) is 5.56 Å². The van der Waals surface area contributed by atoms with E-state index in [1.54, 1.807) is 12.1 Å². The van der Waals surface area contributed by atoms with E-state index >= 15 is 0 Å². The van der Waals surface area contributed by atoms with Gasteiger partial charge in [0, 0.05) is 11.8 Å². The highest BCUT2D eigenvalue weighted by atomic mass is 32.1. The first-order valence-corrected chi connectivity index (χ1v) is 4.95. The van der Waals surface area contributed by atoms with Gasteiger partial charge in [-0.1, -0.05) is 12.1 Å². The minimum Gasteiger partial charge on any atom is -0.508 e. The van der Waals surface area contributed by atoms with Gasteiger partial charge >= 0.3 is 0 Å². The summed E-state index contributed by atoms with van der Waals surface area (Å²) in [6.45, 7) is 0. The van der Waals surface area contributed by atoms with Gasteiger partial charge in [0.25, 0.3) is 0 Å². The summed E-state index contributed by atoms with van der Waals surface area (Å²) in [4.78, 5) is 0. The van der Waals surface area contributed by atoms with Crippen molar-refractivity contribution in [2.24, 2.45) is 0 Å². The highest BCUT2D eigenvalue weighted by Gasteiger charge is 2.03. The molecule has 0 amide bonds. The zero-order chi connectivity index (χ0) is 9.68. The Balaban J connectivity index is 2.58. The Bertz CT molecular complexity index is 244. The first kappa shape index (κ1) is 10.4. The molecular weight excluding hydrogens is 182 g/mol. The van der Waals surface area contributed by atoms with Crippen LogP contribution in [0.2, 0.25) is 0 Å². The van der Waals surface area contributed by atoms with Gasteiger partial charge in [-0.05, 0) is 31.2 Å². The van der Waals surface area contributed by atoms with Crippen molar-refractivity contribution >= 4 is 12.6 Å². The summed E-state index contributed by atoms with van der Waals surface area (Å²) in [7, 11) is 1.93. The van der Waals surface area contributed by atoms with Crippen LogP contribution in [-0.4, -0.2) is 23.9 Å². The van der Waals surface area contributed by atoms with E-state index in [0.29, 0.717) is 11.8 Å². The van der Waals surface area contributed by atoms with Crippen LogP contribution >= 0.6 is 12.6 Å². The fraction of sp³-hybridized carbons (Fsp3) is 0.400. The van der Waals surface area contributed by atoms with Crippen molar-refractivity contribution < 1.29 is 5.11 Å². The van der Waals surface area contributed by atoms with E-state index in [0.717, 1.165) is 12.2 Å². The predicted molar refractivity (Wildman–Crippen MR) is 58.5 cm³/mol. The number of thiol groups is 1. The van der Waals surface area contributed by atoms with Crippen molar-refractivity contribution in [2.45, 2.75) is 12.5 Å². The Kier molecular flexibility index (Phi) is 4.12. The SMILES string of the molecule is CN[C@H](CS)Cc1ccc(O)cc1. The van der Waals surface area contributed by atoms with Crippen LogP contribution in [0.5, 0.6) is 5.75 Å². The van der Waals surface area contributed by atoms with Crippen molar-refractivity contribution in [3.63, 3.8) is 0 Å². The van der Waals surface area contributed by atoms with Crippen molar-refractivity contribution in [3.8, 4) is 5.75 Å². The smallest absolute Gasteiger partial charge is 0.115 e. The number of hydrogen-bond acceptors (Lipinski definition) is 3. The molecule has 2 N–H and O–H groups in total. The average Bonchev–Trinajstić information content (AvgIpc) is 2.17. The summed E-state index contributed by atoms with van der Waals surface area (Å²) < 4.78 is 0. The molecule has 2 nitrogen and oxygen atoms in total. The van der Waals surface area contributed by atoms with E-state index in [4.69, 9.17) is 5.11 Å². The predicted octanol–water partition coefficient (Wildman–Crippen LogP) is 1.45.